The van der Waals surface area contributed by atoms with E-state index in [1.807, 2.05) is 32.0 Å². The SMILES string of the molecule is Cc1cccc(C)c1NC(=O)COc1ccc(/C=N\NC(=O)C(=O)Nc2ccccc2Cl)cc1. The highest BCUT2D eigenvalue weighted by Crippen LogP contribution is 2.20. The van der Waals surface area contributed by atoms with Gasteiger partial charge in [0, 0.05) is 5.69 Å². The van der Waals surface area contributed by atoms with Gasteiger partial charge in [-0.1, -0.05) is 41.9 Å². The molecule has 0 heterocycles. The highest BCUT2D eigenvalue weighted by atomic mass is 35.5. The molecular formula is C25H23ClN4O4. The molecule has 0 aromatic heterocycles. The van der Waals surface area contributed by atoms with E-state index in [2.05, 4.69) is 21.2 Å². The summed E-state index contributed by atoms with van der Waals surface area (Å²) in [4.78, 5) is 36.0. The molecule has 0 spiro atoms. The number of anilines is 2. The summed E-state index contributed by atoms with van der Waals surface area (Å²) in [6, 6.07) is 19.1. The van der Waals surface area contributed by atoms with Gasteiger partial charge in [-0.25, -0.2) is 5.43 Å². The highest BCUT2D eigenvalue weighted by molar-refractivity contribution is 6.41. The lowest BCUT2D eigenvalue weighted by Crippen LogP contribution is -2.32. The zero-order valence-electron chi connectivity index (χ0n) is 18.6. The minimum atomic E-state index is -0.939. The van der Waals surface area contributed by atoms with Crippen molar-refractivity contribution in [2.45, 2.75) is 13.8 Å². The number of halogens is 1. The van der Waals surface area contributed by atoms with E-state index >= 15 is 0 Å². The van der Waals surface area contributed by atoms with Crippen molar-refractivity contribution in [1.82, 2.24) is 5.43 Å². The Morgan fingerprint density at radius 1 is 0.882 bits per heavy atom. The topological polar surface area (TPSA) is 109 Å². The molecule has 3 rings (SSSR count). The molecule has 0 atom stereocenters. The van der Waals surface area contributed by atoms with Crippen LogP contribution in [0.1, 0.15) is 16.7 Å². The average molecular weight is 479 g/mol. The Bertz CT molecular complexity index is 1210. The second kappa shape index (κ2) is 11.6. The number of aryl methyl sites for hydroxylation is 2. The van der Waals surface area contributed by atoms with Crippen LogP contribution in [0.25, 0.3) is 0 Å². The van der Waals surface area contributed by atoms with Crippen molar-refractivity contribution in [1.29, 1.82) is 0 Å². The third-order valence-electron chi connectivity index (χ3n) is 4.70. The first kappa shape index (κ1) is 24.5. The summed E-state index contributed by atoms with van der Waals surface area (Å²) >= 11 is 5.95. The smallest absolute Gasteiger partial charge is 0.329 e. The van der Waals surface area contributed by atoms with E-state index in [0.29, 0.717) is 22.0 Å². The maximum atomic E-state index is 12.2. The number of carbonyl (C=O) groups excluding carboxylic acids is 3. The van der Waals surface area contributed by atoms with E-state index in [0.717, 1.165) is 16.8 Å². The van der Waals surface area contributed by atoms with Crippen LogP contribution in [0.5, 0.6) is 5.75 Å². The molecule has 34 heavy (non-hydrogen) atoms. The first-order valence-corrected chi connectivity index (χ1v) is 10.7. The van der Waals surface area contributed by atoms with Gasteiger partial charge < -0.3 is 15.4 Å². The summed E-state index contributed by atoms with van der Waals surface area (Å²) in [5, 5.41) is 9.35. The first-order chi connectivity index (χ1) is 16.3. The Hall–Kier alpha value is -4.17. The van der Waals surface area contributed by atoms with Crippen molar-refractivity contribution < 1.29 is 19.1 Å². The maximum absolute atomic E-state index is 12.2. The molecule has 0 aliphatic rings. The predicted octanol–water partition coefficient (Wildman–Crippen LogP) is 4.06. The number of hydrogen-bond donors (Lipinski definition) is 3. The lowest BCUT2D eigenvalue weighted by atomic mass is 10.1. The number of hydrazone groups is 1. The Kier molecular flexibility index (Phi) is 8.37. The van der Waals surface area contributed by atoms with E-state index in [1.54, 1.807) is 48.5 Å². The molecule has 3 aromatic rings. The van der Waals surface area contributed by atoms with Gasteiger partial charge in [-0.05, 0) is 66.9 Å². The number of benzene rings is 3. The summed E-state index contributed by atoms with van der Waals surface area (Å²) in [5.74, 6) is -1.60. The fourth-order valence-corrected chi connectivity index (χ4v) is 3.13. The van der Waals surface area contributed by atoms with Crippen molar-refractivity contribution in [3.05, 3.63) is 88.4 Å². The number of carbonyl (C=O) groups is 3. The van der Waals surface area contributed by atoms with E-state index in [1.165, 1.54) is 6.21 Å². The van der Waals surface area contributed by atoms with E-state index in [9.17, 15) is 14.4 Å². The van der Waals surface area contributed by atoms with E-state index in [-0.39, 0.29) is 12.5 Å². The monoisotopic (exact) mass is 478 g/mol. The van der Waals surface area contributed by atoms with Gasteiger partial charge in [0.15, 0.2) is 6.61 Å². The number of nitrogens with one attached hydrogen (secondary N) is 3. The summed E-state index contributed by atoms with van der Waals surface area (Å²) in [6.07, 6.45) is 1.37. The van der Waals surface area contributed by atoms with Gasteiger partial charge in [-0.2, -0.15) is 5.10 Å². The molecule has 3 aromatic carbocycles. The van der Waals surface area contributed by atoms with Gasteiger partial charge in [0.2, 0.25) is 0 Å². The van der Waals surface area contributed by atoms with Crippen molar-refractivity contribution in [3.8, 4) is 5.75 Å². The second-order valence-corrected chi connectivity index (χ2v) is 7.71. The van der Waals surface area contributed by atoms with Gasteiger partial charge >= 0.3 is 11.8 Å². The summed E-state index contributed by atoms with van der Waals surface area (Å²) in [7, 11) is 0. The quantitative estimate of drug-likeness (QED) is 0.270. The van der Waals surface area contributed by atoms with Gasteiger partial charge in [-0.3, -0.25) is 14.4 Å². The van der Waals surface area contributed by atoms with Crippen molar-refractivity contribution in [2.24, 2.45) is 5.10 Å². The lowest BCUT2D eigenvalue weighted by molar-refractivity contribution is -0.136. The van der Waals surface area contributed by atoms with Gasteiger partial charge in [0.05, 0.1) is 16.9 Å². The van der Waals surface area contributed by atoms with Crippen molar-refractivity contribution in [2.75, 3.05) is 17.2 Å². The summed E-state index contributed by atoms with van der Waals surface area (Å²) in [6.45, 7) is 3.72. The standard InChI is InChI=1S/C25H23ClN4O4/c1-16-6-5-7-17(2)23(16)29-22(31)15-34-19-12-10-18(11-13-19)14-27-30-25(33)24(32)28-21-9-4-3-8-20(21)26/h3-14H,15H2,1-2H3,(H,28,32)(H,29,31)(H,30,33)/b27-14-. The molecule has 0 saturated heterocycles. The Morgan fingerprint density at radius 2 is 1.56 bits per heavy atom. The number of nitrogens with zero attached hydrogens (tertiary/aromatic N) is 1. The molecular weight excluding hydrogens is 456 g/mol. The third-order valence-corrected chi connectivity index (χ3v) is 5.03. The molecule has 0 radical (unpaired) electrons. The minimum absolute atomic E-state index is 0.141. The number of hydrogen-bond acceptors (Lipinski definition) is 5. The van der Waals surface area contributed by atoms with Crippen LogP contribution in [0, 0.1) is 13.8 Å². The van der Waals surface area contributed by atoms with Crippen LogP contribution >= 0.6 is 11.6 Å². The molecule has 3 N–H and O–H groups in total. The number of para-hydroxylation sites is 2. The molecule has 0 fully saturated rings. The Morgan fingerprint density at radius 3 is 2.24 bits per heavy atom. The van der Waals surface area contributed by atoms with Crippen LogP contribution in [0.15, 0.2) is 71.8 Å². The zero-order valence-corrected chi connectivity index (χ0v) is 19.3. The molecule has 8 nitrogen and oxygen atoms in total. The fourth-order valence-electron chi connectivity index (χ4n) is 2.94. The van der Waals surface area contributed by atoms with Crippen LogP contribution in [-0.4, -0.2) is 30.5 Å². The number of rotatable bonds is 7. The molecule has 0 saturated carbocycles. The molecule has 0 aliphatic carbocycles. The highest BCUT2D eigenvalue weighted by Gasteiger charge is 2.14. The average Bonchev–Trinajstić information content (AvgIpc) is 2.82. The normalized spacial score (nSPS) is 10.6. The van der Waals surface area contributed by atoms with Crippen LogP contribution in [0.2, 0.25) is 5.02 Å². The first-order valence-electron chi connectivity index (χ1n) is 10.3. The molecule has 9 heteroatoms. The summed E-state index contributed by atoms with van der Waals surface area (Å²) in [5.41, 5.74) is 5.86. The minimum Gasteiger partial charge on any atom is -0.484 e. The van der Waals surface area contributed by atoms with E-state index < -0.39 is 11.8 Å². The third kappa shape index (κ3) is 6.91. The number of amides is 3. The van der Waals surface area contributed by atoms with Crippen molar-refractivity contribution in [3.63, 3.8) is 0 Å². The molecule has 3 amide bonds. The lowest BCUT2D eigenvalue weighted by Gasteiger charge is -2.12. The predicted molar refractivity (Wildman–Crippen MR) is 132 cm³/mol. The largest absolute Gasteiger partial charge is 0.484 e. The number of ether oxygens (including phenoxy) is 1. The van der Waals surface area contributed by atoms with Crippen molar-refractivity contribution >= 4 is 46.9 Å². The molecule has 0 unspecified atom stereocenters. The molecule has 174 valence electrons. The fraction of sp³-hybridized carbons (Fsp3) is 0.120. The Labute approximate surface area is 202 Å². The molecule has 0 aliphatic heterocycles. The van der Waals surface area contributed by atoms with E-state index in [4.69, 9.17) is 16.3 Å². The summed E-state index contributed by atoms with van der Waals surface area (Å²) < 4.78 is 5.53. The van der Waals surface area contributed by atoms with Crippen LogP contribution < -0.4 is 20.8 Å². The maximum Gasteiger partial charge on any atom is 0.329 e. The van der Waals surface area contributed by atoms with Crippen LogP contribution in [0.4, 0.5) is 11.4 Å². The molecule has 0 bridgehead atoms. The Balaban J connectivity index is 1.46. The van der Waals surface area contributed by atoms with Crippen LogP contribution in [0.3, 0.4) is 0 Å². The second-order valence-electron chi connectivity index (χ2n) is 7.31. The zero-order chi connectivity index (χ0) is 24.5. The van der Waals surface area contributed by atoms with Gasteiger partial charge in [-0.15, -0.1) is 0 Å². The van der Waals surface area contributed by atoms with Crippen LogP contribution in [-0.2, 0) is 14.4 Å². The van der Waals surface area contributed by atoms with Gasteiger partial charge in [0.1, 0.15) is 5.75 Å². The van der Waals surface area contributed by atoms with Gasteiger partial charge in [0.25, 0.3) is 5.91 Å².